The number of benzene rings is 2. The summed E-state index contributed by atoms with van der Waals surface area (Å²) in [6.45, 7) is 6.67. The van der Waals surface area contributed by atoms with Crippen molar-refractivity contribution in [1.29, 1.82) is 0 Å². The maximum Gasteiger partial charge on any atom is 0.243 e. The minimum Gasteiger partial charge on any atom is -0.494 e. The number of hydrogen-bond donors (Lipinski definition) is 1. The maximum atomic E-state index is 13.0. The molecule has 0 aliphatic carbocycles. The molecule has 0 radical (unpaired) electrons. The van der Waals surface area contributed by atoms with E-state index < -0.39 is 10.0 Å². The van der Waals surface area contributed by atoms with Gasteiger partial charge in [0.2, 0.25) is 15.9 Å². The fraction of sp³-hybridized carbons (Fsp3) is 0.417. The molecule has 0 atom stereocenters. The molecule has 1 N–H and O–H groups in total. The number of aromatic nitrogens is 2. The number of anilines is 1. The molecule has 0 spiro atoms. The van der Waals surface area contributed by atoms with Crippen molar-refractivity contribution in [2.45, 2.75) is 38.1 Å². The molecule has 3 aromatic rings. The first-order valence-corrected chi connectivity index (χ1v) is 13.0. The zero-order valence-electron chi connectivity index (χ0n) is 19.5. The molecule has 1 aliphatic rings. The summed E-state index contributed by atoms with van der Waals surface area (Å²) in [6, 6.07) is 12.3. The van der Waals surface area contributed by atoms with Crippen molar-refractivity contribution in [3.05, 3.63) is 48.3 Å². The number of rotatable bonds is 9. The van der Waals surface area contributed by atoms with Crippen LogP contribution in [0.15, 0.2) is 47.4 Å². The Morgan fingerprint density at radius 3 is 2.53 bits per heavy atom. The first-order valence-electron chi connectivity index (χ1n) is 11.5. The average Bonchev–Trinajstić information content (AvgIpc) is 3.21. The fourth-order valence-corrected chi connectivity index (χ4v) is 5.48. The molecule has 2 aromatic carbocycles. The van der Waals surface area contributed by atoms with Crippen LogP contribution in [0.3, 0.4) is 0 Å². The molecule has 182 valence electrons. The Morgan fingerprint density at radius 2 is 1.85 bits per heavy atom. The Kier molecular flexibility index (Phi) is 7.50. The van der Waals surface area contributed by atoms with E-state index in [1.807, 2.05) is 30.5 Å². The minimum absolute atomic E-state index is 0.116. The maximum absolute atomic E-state index is 13.0. The highest BCUT2D eigenvalue weighted by Gasteiger charge is 2.27. The molecule has 1 amide bonds. The third-order valence-corrected chi connectivity index (χ3v) is 7.64. The van der Waals surface area contributed by atoms with Gasteiger partial charge < -0.3 is 19.4 Å². The quantitative estimate of drug-likeness (QED) is 0.499. The second-order valence-electron chi connectivity index (χ2n) is 7.94. The smallest absolute Gasteiger partial charge is 0.243 e. The van der Waals surface area contributed by atoms with Gasteiger partial charge in [-0.1, -0.05) is 0 Å². The number of nitrogens with one attached hydrogen (secondary N) is 1. The topological polar surface area (TPSA) is 103 Å². The van der Waals surface area contributed by atoms with Gasteiger partial charge in [-0.2, -0.15) is 4.31 Å². The average molecular weight is 487 g/mol. The molecular formula is C24H30N4O5S. The van der Waals surface area contributed by atoms with Gasteiger partial charge in [0.05, 0.1) is 35.7 Å². The van der Waals surface area contributed by atoms with E-state index in [1.165, 1.54) is 4.31 Å². The number of ether oxygens (including phenoxy) is 2. The summed E-state index contributed by atoms with van der Waals surface area (Å²) >= 11 is 0. The number of carbonyl (C=O) groups is 1. The zero-order chi connectivity index (χ0) is 24.1. The molecule has 0 unspecified atom stereocenters. The summed E-state index contributed by atoms with van der Waals surface area (Å²) in [5.74, 6) is 1.39. The Hall–Kier alpha value is -2.95. The van der Waals surface area contributed by atoms with Crippen molar-refractivity contribution in [1.82, 2.24) is 13.9 Å². The van der Waals surface area contributed by atoms with Gasteiger partial charge in [-0.25, -0.2) is 13.4 Å². The van der Waals surface area contributed by atoms with E-state index in [0.29, 0.717) is 57.1 Å². The summed E-state index contributed by atoms with van der Waals surface area (Å²) in [7, 11) is -3.60. The number of hydrogen-bond acceptors (Lipinski definition) is 6. The normalized spacial score (nSPS) is 14.9. The molecular weight excluding hydrogens is 456 g/mol. The van der Waals surface area contributed by atoms with Gasteiger partial charge >= 0.3 is 0 Å². The lowest BCUT2D eigenvalue weighted by Gasteiger charge is -2.26. The van der Waals surface area contributed by atoms with Gasteiger partial charge in [0.1, 0.15) is 11.6 Å². The van der Waals surface area contributed by atoms with E-state index in [-0.39, 0.29) is 17.2 Å². The van der Waals surface area contributed by atoms with Crippen LogP contribution in [0.4, 0.5) is 5.69 Å². The van der Waals surface area contributed by atoms with Crippen LogP contribution in [0.5, 0.6) is 5.75 Å². The van der Waals surface area contributed by atoms with Crippen LogP contribution < -0.4 is 10.1 Å². The van der Waals surface area contributed by atoms with Gasteiger partial charge in [0, 0.05) is 38.2 Å². The van der Waals surface area contributed by atoms with Crippen molar-refractivity contribution >= 4 is 32.7 Å². The Labute approximate surface area is 199 Å². The largest absolute Gasteiger partial charge is 0.494 e. The molecule has 10 heteroatoms. The van der Waals surface area contributed by atoms with Gasteiger partial charge in [-0.05, 0) is 56.3 Å². The standard InChI is InChI=1S/C24H30N4O5S/c1-3-28-22-10-9-20(34(30,31)27-13-15-32-16-14-27)17-21(22)26-23(28)11-12-24(29)25-18-5-7-19(8-6-18)33-4-2/h5-10,17H,3-4,11-16H2,1-2H3,(H,25,29). The van der Waals surface area contributed by atoms with Crippen molar-refractivity contribution in [2.75, 3.05) is 38.2 Å². The Bertz CT molecular complexity index is 1250. The Balaban J connectivity index is 1.47. The lowest BCUT2D eigenvalue weighted by molar-refractivity contribution is -0.116. The summed E-state index contributed by atoms with van der Waals surface area (Å²) in [5, 5.41) is 2.89. The summed E-state index contributed by atoms with van der Waals surface area (Å²) < 4.78 is 40.2. The lowest BCUT2D eigenvalue weighted by Crippen LogP contribution is -2.40. The molecule has 0 saturated carbocycles. The van der Waals surface area contributed by atoms with Gasteiger partial charge in [0.15, 0.2) is 0 Å². The third-order valence-electron chi connectivity index (χ3n) is 5.75. The van der Waals surface area contributed by atoms with Crippen LogP contribution in [-0.4, -0.2) is 61.1 Å². The van der Waals surface area contributed by atoms with Crippen molar-refractivity contribution in [2.24, 2.45) is 0 Å². The van der Waals surface area contributed by atoms with Gasteiger partial charge in [-0.15, -0.1) is 0 Å². The number of aryl methyl sites for hydroxylation is 2. The molecule has 9 nitrogen and oxygen atoms in total. The van der Waals surface area contributed by atoms with Crippen LogP contribution >= 0.6 is 0 Å². The summed E-state index contributed by atoms with van der Waals surface area (Å²) in [4.78, 5) is 17.4. The lowest BCUT2D eigenvalue weighted by atomic mass is 10.2. The van der Waals surface area contributed by atoms with Crippen molar-refractivity contribution in [3.8, 4) is 5.75 Å². The number of morpholine rings is 1. The molecule has 34 heavy (non-hydrogen) atoms. The number of carbonyl (C=O) groups excluding carboxylic acids is 1. The SMILES string of the molecule is CCOc1ccc(NC(=O)CCc2nc3cc(S(=O)(=O)N4CCOCC4)ccc3n2CC)cc1. The summed E-state index contributed by atoms with van der Waals surface area (Å²) in [6.07, 6.45) is 0.701. The molecule has 2 heterocycles. The van der Waals surface area contributed by atoms with Crippen LogP contribution in [0.2, 0.25) is 0 Å². The summed E-state index contributed by atoms with van der Waals surface area (Å²) in [5.41, 5.74) is 2.17. The molecule has 1 aromatic heterocycles. The second-order valence-corrected chi connectivity index (χ2v) is 9.88. The highest BCUT2D eigenvalue weighted by atomic mass is 32.2. The molecule has 1 saturated heterocycles. The van der Waals surface area contributed by atoms with Crippen molar-refractivity contribution in [3.63, 3.8) is 0 Å². The van der Waals surface area contributed by atoms with E-state index >= 15 is 0 Å². The number of sulfonamides is 1. The number of imidazole rings is 1. The molecule has 0 bridgehead atoms. The fourth-order valence-electron chi connectivity index (χ4n) is 4.05. The van der Waals surface area contributed by atoms with Gasteiger partial charge in [-0.3, -0.25) is 4.79 Å². The van der Waals surface area contributed by atoms with Gasteiger partial charge in [0.25, 0.3) is 0 Å². The van der Waals surface area contributed by atoms with E-state index in [0.717, 1.165) is 17.1 Å². The molecule has 4 rings (SSSR count). The highest BCUT2D eigenvalue weighted by Crippen LogP contribution is 2.24. The van der Waals surface area contributed by atoms with E-state index in [2.05, 4.69) is 10.3 Å². The number of nitrogens with zero attached hydrogens (tertiary/aromatic N) is 3. The first-order chi connectivity index (χ1) is 16.4. The minimum atomic E-state index is -3.60. The third kappa shape index (κ3) is 5.24. The van der Waals surface area contributed by atoms with Crippen molar-refractivity contribution < 1.29 is 22.7 Å². The zero-order valence-corrected chi connectivity index (χ0v) is 20.3. The van der Waals surface area contributed by atoms with Crippen LogP contribution in [0.25, 0.3) is 11.0 Å². The Morgan fingerprint density at radius 1 is 1.12 bits per heavy atom. The second kappa shape index (κ2) is 10.5. The van der Waals surface area contributed by atoms with E-state index in [9.17, 15) is 13.2 Å². The number of fused-ring (bicyclic) bond motifs is 1. The predicted octanol–water partition coefficient (Wildman–Crippen LogP) is 3.05. The monoisotopic (exact) mass is 486 g/mol. The first kappa shape index (κ1) is 24.2. The molecule has 1 fully saturated rings. The highest BCUT2D eigenvalue weighted by molar-refractivity contribution is 7.89. The number of amides is 1. The van der Waals surface area contributed by atoms with Crippen LogP contribution in [0.1, 0.15) is 26.1 Å². The van der Waals surface area contributed by atoms with E-state index in [4.69, 9.17) is 9.47 Å². The molecule has 1 aliphatic heterocycles. The predicted molar refractivity (Wildman–Crippen MR) is 130 cm³/mol. The van der Waals surface area contributed by atoms with E-state index in [1.54, 1.807) is 30.3 Å². The van der Waals surface area contributed by atoms with Crippen LogP contribution in [0, 0.1) is 0 Å². The van der Waals surface area contributed by atoms with Crippen LogP contribution in [-0.2, 0) is 32.5 Å².